The van der Waals surface area contributed by atoms with Gasteiger partial charge >= 0.3 is 0 Å². The van der Waals surface area contributed by atoms with Crippen molar-refractivity contribution in [3.63, 3.8) is 0 Å². The highest BCUT2D eigenvalue weighted by Gasteiger charge is 2.19. The van der Waals surface area contributed by atoms with Crippen LogP contribution in [0, 0.1) is 0 Å². The second kappa shape index (κ2) is 11.4. The SMILES string of the molecule is CCCC(NC(=O)Cc1ccccc1)C(=O)NCCCc1ccc(Cl)cc1. The van der Waals surface area contributed by atoms with E-state index < -0.39 is 6.04 Å². The van der Waals surface area contributed by atoms with Crippen LogP contribution in [0.1, 0.15) is 37.3 Å². The monoisotopic (exact) mass is 386 g/mol. The summed E-state index contributed by atoms with van der Waals surface area (Å²) in [5, 5.41) is 6.53. The van der Waals surface area contributed by atoms with Crippen molar-refractivity contribution < 1.29 is 9.59 Å². The Bertz CT molecular complexity index is 717. The van der Waals surface area contributed by atoms with Gasteiger partial charge in [-0.15, -0.1) is 0 Å². The van der Waals surface area contributed by atoms with Crippen LogP contribution in [0.4, 0.5) is 0 Å². The minimum absolute atomic E-state index is 0.116. The zero-order valence-corrected chi connectivity index (χ0v) is 16.5. The van der Waals surface area contributed by atoms with Gasteiger partial charge in [0.05, 0.1) is 6.42 Å². The molecule has 144 valence electrons. The van der Waals surface area contributed by atoms with Gasteiger partial charge < -0.3 is 10.6 Å². The van der Waals surface area contributed by atoms with E-state index in [9.17, 15) is 9.59 Å². The van der Waals surface area contributed by atoms with Gasteiger partial charge in [-0.25, -0.2) is 0 Å². The average Bonchev–Trinajstić information content (AvgIpc) is 2.67. The molecular formula is C22H27ClN2O2. The number of halogens is 1. The zero-order valence-electron chi connectivity index (χ0n) is 15.7. The molecular weight excluding hydrogens is 360 g/mol. The predicted molar refractivity (Wildman–Crippen MR) is 110 cm³/mol. The van der Waals surface area contributed by atoms with E-state index >= 15 is 0 Å². The Labute approximate surface area is 166 Å². The fraction of sp³-hybridized carbons (Fsp3) is 0.364. The van der Waals surface area contributed by atoms with Gasteiger partial charge in [-0.2, -0.15) is 0 Å². The summed E-state index contributed by atoms with van der Waals surface area (Å²) in [5.41, 5.74) is 2.13. The lowest BCUT2D eigenvalue weighted by atomic mass is 10.1. The molecule has 2 rings (SSSR count). The van der Waals surface area contributed by atoms with Crippen LogP contribution in [0.5, 0.6) is 0 Å². The van der Waals surface area contributed by atoms with E-state index in [4.69, 9.17) is 11.6 Å². The maximum absolute atomic E-state index is 12.4. The molecule has 2 amide bonds. The van der Waals surface area contributed by atoms with Crippen molar-refractivity contribution in [2.45, 2.75) is 45.1 Å². The Hall–Kier alpha value is -2.33. The molecule has 27 heavy (non-hydrogen) atoms. The van der Waals surface area contributed by atoms with Crippen molar-refractivity contribution in [2.24, 2.45) is 0 Å². The second-order valence-electron chi connectivity index (χ2n) is 6.59. The molecule has 0 aliphatic heterocycles. The number of carbonyl (C=O) groups is 2. The number of carbonyl (C=O) groups excluding carboxylic acids is 2. The second-order valence-corrected chi connectivity index (χ2v) is 7.03. The third-order valence-electron chi connectivity index (χ3n) is 4.29. The van der Waals surface area contributed by atoms with E-state index in [1.54, 1.807) is 0 Å². The molecule has 0 spiro atoms. The molecule has 0 heterocycles. The first-order valence-corrected chi connectivity index (χ1v) is 9.81. The first-order chi connectivity index (χ1) is 13.1. The Balaban J connectivity index is 1.76. The van der Waals surface area contributed by atoms with Crippen molar-refractivity contribution in [1.29, 1.82) is 0 Å². The van der Waals surface area contributed by atoms with E-state index in [1.807, 2.05) is 61.5 Å². The van der Waals surface area contributed by atoms with E-state index in [2.05, 4.69) is 10.6 Å². The normalized spacial score (nSPS) is 11.6. The molecule has 0 saturated heterocycles. The van der Waals surface area contributed by atoms with E-state index in [-0.39, 0.29) is 18.2 Å². The molecule has 0 radical (unpaired) electrons. The van der Waals surface area contributed by atoms with E-state index in [0.717, 1.165) is 29.8 Å². The van der Waals surface area contributed by atoms with Gasteiger partial charge in [0.25, 0.3) is 0 Å². The quantitative estimate of drug-likeness (QED) is 0.608. The molecule has 0 aliphatic carbocycles. The van der Waals surface area contributed by atoms with Crippen molar-refractivity contribution in [3.05, 3.63) is 70.7 Å². The molecule has 0 bridgehead atoms. The first-order valence-electron chi connectivity index (χ1n) is 9.44. The molecule has 0 saturated carbocycles. The van der Waals surface area contributed by atoms with Gasteiger partial charge in [-0.05, 0) is 42.5 Å². The molecule has 0 aromatic heterocycles. The number of amides is 2. The Morgan fingerprint density at radius 3 is 2.37 bits per heavy atom. The molecule has 5 heteroatoms. The number of rotatable bonds is 10. The lowest BCUT2D eigenvalue weighted by molar-refractivity contribution is -0.128. The number of nitrogens with one attached hydrogen (secondary N) is 2. The largest absolute Gasteiger partial charge is 0.354 e. The van der Waals surface area contributed by atoms with Gasteiger partial charge in [0.15, 0.2) is 0 Å². The summed E-state index contributed by atoms with van der Waals surface area (Å²) in [5.74, 6) is -0.245. The minimum atomic E-state index is -0.484. The van der Waals surface area contributed by atoms with Crippen LogP contribution in [0.2, 0.25) is 5.02 Å². The van der Waals surface area contributed by atoms with Crippen LogP contribution >= 0.6 is 11.6 Å². The Morgan fingerprint density at radius 1 is 1.00 bits per heavy atom. The summed E-state index contributed by atoms with van der Waals surface area (Å²) in [4.78, 5) is 24.7. The number of benzene rings is 2. The summed E-state index contributed by atoms with van der Waals surface area (Å²) >= 11 is 5.88. The molecule has 1 unspecified atom stereocenters. The van der Waals surface area contributed by atoms with Crippen molar-refractivity contribution in [2.75, 3.05) is 6.54 Å². The van der Waals surface area contributed by atoms with Crippen LogP contribution in [0.3, 0.4) is 0 Å². The lowest BCUT2D eigenvalue weighted by Gasteiger charge is -2.18. The molecule has 0 fully saturated rings. The summed E-state index contributed by atoms with van der Waals surface area (Å²) in [6, 6.07) is 16.8. The van der Waals surface area contributed by atoms with Crippen molar-refractivity contribution in [1.82, 2.24) is 10.6 Å². The highest BCUT2D eigenvalue weighted by atomic mass is 35.5. The van der Waals surface area contributed by atoms with Crippen molar-refractivity contribution in [3.8, 4) is 0 Å². The van der Waals surface area contributed by atoms with Gasteiger partial charge in [-0.3, -0.25) is 9.59 Å². The van der Waals surface area contributed by atoms with Crippen LogP contribution < -0.4 is 10.6 Å². The van der Waals surface area contributed by atoms with E-state index in [1.165, 1.54) is 5.56 Å². The Kier molecular flexibility index (Phi) is 8.85. The first kappa shape index (κ1) is 21.0. The van der Waals surface area contributed by atoms with Crippen LogP contribution in [0.25, 0.3) is 0 Å². The zero-order chi connectivity index (χ0) is 19.5. The van der Waals surface area contributed by atoms with Gasteiger partial charge in [0, 0.05) is 11.6 Å². The summed E-state index contributed by atoms with van der Waals surface area (Å²) in [6.45, 7) is 2.58. The number of hydrogen-bond donors (Lipinski definition) is 2. The topological polar surface area (TPSA) is 58.2 Å². The van der Waals surface area contributed by atoms with E-state index in [0.29, 0.717) is 13.0 Å². The maximum atomic E-state index is 12.4. The minimum Gasteiger partial charge on any atom is -0.354 e. The highest BCUT2D eigenvalue weighted by molar-refractivity contribution is 6.30. The fourth-order valence-electron chi connectivity index (χ4n) is 2.86. The molecule has 2 aromatic rings. The van der Waals surface area contributed by atoms with Crippen LogP contribution in [-0.2, 0) is 22.4 Å². The molecule has 1 atom stereocenters. The van der Waals surface area contributed by atoms with Crippen LogP contribution in [0.15, 0.2) is 54.6 Å². The van der Waals surface area contributed by atoms with Crippen LogP contribution in [-0.4, -0.2) is 24.4 Å². The lowest BCUT2D eigenvalue weighted by Crippen LogP contribution is -2.47. The maximum Gasteiger partial charge on any atom is 0.242 e. The number of hydrogen-bond acceptors (Lipinski definition) is 2. The molecule has 0 aliphatic rings. The highest BCUT2D eigenvalue weighted by Crippen LogP contribution is 2.10. The fourth-order valence-corrected chi connectivity index (χ4v) is 2.99. The Morgan fingerprint density at radius 2 is 1.70 bits per heavy atom. The molecule has 2 N–H and O–H groups in total. The van der Waals surface area contributed by atoms with Gasteiger partial charge in [-0.1, -0.05) is 67.4 Å². The molecule has 2 aromatic carbocycles. The standard InChI is InChI=1S/C22H27ClN2O2/c1-2-7-20(25-21(26)16-18-8-4-3-5-9-18)22(27)24-15-6-10-17-11-13-19(23)14-12-17/h3-5,8-9,11-14,20H,2,6-7,10,15-16H2,1H3,(H,24,27)(H,25,26). The number of aryl methyl sites for hydroxylation is 1. The average molecular weight is 387 g/mol. The van der Waals surface area contributed by atoms with Gasteiger partial charge in [0.2, 0.25) is 11.8 Å². The molecule has 4 nitrogen and oxygen atoms in total. The third-order valence-corrected chi connectivity index (χ3v) is 4.54. The van der Waals surface area contributed by atoms with Gasteiger partial charge in [0.1, 0.15) is 6.04 Å². The summed E-state index contributed by atoms with van der Waals surface area (Å²) in [7, 11) is 0. The summed E-state index contributed by atoms with van der Waals surface area (Å²) in [6.07, 6.45) is 3.45. The van der Waals surface area contributed by atoms with Crippen molar-refractivity contribution >= 4 is 23.4 Å². The predicted octanol–water partition coefficient (Wildman–Crippen LogP) is 3.92. The smallest absolute Gasteiger partial charge is 0.242 e. The summed E-state index contributed by atoms with van der Waals surface area (Å²) < 4.78 is 0. The third kappa shape index (κ3) is 7.83.